The average molecular weight is 305 g/mol. The smallest absolute Gasteiger partial charge is 0.393 e. The third-order valence-corrected chi connectivity index (χ3v) is 3.74. The van der Waals surface area contributed by atoms with Crippen molar-refractivity contribution in [1.29, 1.82) is 0 Å². The van der Waals surface area contributed by atoms with Crippen molar-refractivity contribution < 1.29 is 22.4 Å². The van der Waals surface area contributed by atoms with Gasteiger partial charge in [-0.05, 0) is 32.4 Å². The summed E-state index contributed by atoms with van der Waals surface area (Å²) in [6.07, 6.45) is -3.48. The molecule has 1 saturated heterocycles. The summed E-state index contributed by atoms with van der Waals surface area (Å²) in [6, 6.07) is 1.52. The van der Waals surface area contributed by atoms with Crippen LogP contribution in [0.3, 0.4) is 0 Å². The van der Waals surface area contributed by atoms with E-state index in [1.54, 1.807) is 11.8 Å². The normalized spacial score (nSPS) is 20.5. The number of aryl methyl sites for hydroxylation is 1. The number of furan rings is 1. The number of alkyl halides is 3. The predicted molar refractivity (Wildman–Crippen MR) is 69.2 cm³/mol. The fourth-order valence-corrected chi connectivity index (χ4v) is 2.57. The third-order valence-electron chi connectivity index (χ3n) is 3.74. The topological polar surface area (TPSA) is 71.5 Å². The number of nitrogens with two attached hydrogens (primary N) is 1. The van der Waals surface area contributed by atoms with E-state index >= 15 is 0 Å². The number of rotatable bonds is 3. The zero-order valence-electron chi connectivity index (χ0n) is 11.7. The second-order valence-electron chi connectivity index (χ2n) is 5.28. The molecule has 1 aliphatic rings. The van der Waals surface area contributed by atoms with Crippen molar-refractivity contribution >= 4 is 5.91 Å². The number of nitrogens with zero attached hydrogens (tertiary/aromatic N) is 1. The van der Waals surface area contributed by atoms with E-state index in [2.05, 4.69) is 0 Å². The van der Waals surface area contributed by atoms with Crippen LogP contribution >= 0.6 is 0 Å². The Kier molecular flexibility index (Phi) is 4.58. The van der Waals surface area contributed by atoms with Gasteiger partial charge in [-0.3, -0.25) is 15.1 Å². The zero-order valence-corrected chi connectivity index (χ0v) is 11.7. The minimum Gasteiger partial charge on any atom is -0.456 e. The van der Waals surface area contributed by atoms with E-state index in [1.165, 1.54) is 6.07 Å². The summed E-state index contributed by atoms with van der Waals surface area (Å²) in [5.74, 6) is 3.75. The maximum absolute atomic E-state index is 12.8. The number of carbonyl (C=O) groups excluding carboxylic acids is 1. The molecular formula is C13H18F3N3O2. The number of halogens is 3. The van der Waals surface area contributed by atoms with Crippen LogP contribution in [-0.2, 0) is 6.54 Å². The van der Waals surface area contributed by atoms with E-state index in [1.807, 2.05) is 5.43 Å². The number of amides is 1. The van der Waals surface area contributed by atoms with E-state index < -0.39 is 18.0 Å². The van der Waals surface area contributed by atoms with Crippen molar-refractivity contribution in [2.75, 3.05) is 13.1 Å². The molecule has 3 N–H and O–H groups in total. The second kappa shape index (κ2) is 6.07. The van der Waals surface area contributed by atoms with Crippen LogP contribution in [0.1, 0.15) is 34.7 Å². The van der Waals surface area contributed by atoms with Gasteiger partial charge in [0.05, 0.1) is 5.92 Å². The van der Waals surface area contributed by atoms with Crippen LogP contribution < -0.4 is 11.3 Å². The largest absolute Gasteiger partial charge is 0.456 e. The highest BCUT2D eigenvalue weighted by Crippen LogP contribution is 2.33. The van der Waals surface area contributed by atoms with Crippen molar-refractivity contribution in [3.8, 4) is 0 Å². The molecule has 0 aliphatic carbocycles. The number of likely N-dealkylation sites (tertiary alicyclic amines) is 1. The molecule has 1 aromatic rings. The number of hydrogen-bond acceptors (Lipinski definition) is 4. The van der Waals surface area contributed by atoms with Crippen LogP contribution in [0.2, 0.25) is 0 Å². The Labute approximate surface area is 120 Å². The molecule has 1 atom stereocenters. The van der Waals surface area contributed by atoms with Crippen LogP contribution in [0.4, 0.5) is 13.2 Å². The van der Waals surface area contributed by atoms with Gasteiger partial charge >= 0.3 is 12.1 Å². The fourth-order valence-electron chi connectivity index (χ4n) is 2.57. The molecule has 1 aromatic heterocycles. The van der Waals surface area contributed by atoms with Crippen molar-refractivity contribution in [2.45, 2.75) is 32.5 Å². The first-order valence-corrected chi connectivity index (χ1v) is 6.70. The molecule has 1 fully saturated rings. The van der Waals surface area contributed by atoms with E-state index in [4.69, 9.17) is 10.3 Å². The molecule has 1 aliphatic heterocycles. The molecule has 118 valence electrons. The molecule has 1 amide bonds. The number of piperidine rings is 1. The van der Waals surface area contributed by atoms with E-state index in [0.717, 1.165) is 0 Å². The van der Waals surface area contributed by atoms with Gasteiger partial charge in [-0.25, -0.2) is 5.84 Å². The Morgan fingerprint density at radius 2 is 2.29 bits per heavy atom. The molecule has 5 nitrogen and oxygen atoms in total. The van der Waals surface area contributed by atoms with Crippen molar-refractivity contribution in [1.82, 2.24) is 10.3 Å². The number of carbonyl (C=O) groups is 1. The molecule has 8 heteroatoms. The molecule has 0 aromatic carbocycles. The molecule has 0 bridgehead atoms. The average Bonchev–Trinajstić information content (AvgIpc) is 2.79. The number of nitrogen functional groups attached to an aromatic ring is 1. The molecule has 0 radical (unpaired) electrons. The molecule has 1 unspecified atom stereocenters. The predicted octanol–water partition coefficient (Wildman–Crippen LogP) is 1.97. The van der Waals surface area contributed by atoms with Crippen molar-refractivity contribution in [2.24, 2.45) is 11.8 Å². The molecule has 0 spiro atoms. The van der Waals surface area contributed by atoms with Crippen LogP contribution in [0.15, 0.2) is 10.5 Å². The number of hydrogen-bond donors (Lipinski definition) is 2. The highest BCUT2D eigenvalue weighted by atomic mass is 19.4. The Morgan fingerprint density at radius 3 is 2.90 bits per heavy atom. The van der Waals surface area contributed by atoms with Crippen LogP contribution in [0.5, 0.6) is 0 Å². The van der Waals surface area contributed by atoms with Gasteiger partial charge in [0, 0.05) is 18.7 Å². The monoisotopic (exact) mass is 305 g/mol. The first-order valence-electron chi connectivity index (χ1n) is 6.70. The van der Waals surface area contributed by atoms with Gasteiger partial charge in [0.2, 0.25) is 0 Å². The van der Waals surface area contributed by atoms with Gasteiger partial charge in [0.15, 0.2) is 5.76 Å². The summed E-state index contributed by atoms with van der Waals surface area (Å²) in [5, 5.41) is 0. The quantitative estimate of drug-likeness (QED) is 0.509. The molecule has 21 heavy (non-hydrogen) atoms. The van der Waals surface area contributed by atoms with Gasteiger partial charge in [-0.1, -0.05) is 0 Å². The summed E-state index contributed by atoms with van der Waals surface area (Å²) in [7, 11) is 0. The molecular weight excluding hydrogens is 287 g/mol. The minimum atomic E-state index is -4.16. The first kappa shape index (κ1) is 15.8. The Hall–Kier alpha value is -1.54. The second-order valence-corrected chi connectivity index (χ2v) is 5.28. The van der Waals surface area contributed by atoms with E-state index in [9.17, 15) is 18.0 Å². The maximum Gasteiger partial charge on any atom is 0.393 e. The van der Waals surface area contributed by atoms with Crippen LogP contribution in [-0.4, -0.2) is 30.1 Å². The van der Waals surface area contributed by atoms with Crippen molar-refractivity contribution in [3.05, 3.63) is 23.2 Å². The number of hydrazine groups is 1. The van der Waals surface area contributed by atoms with Gasteiger partial charge in [0.25, 0.3) is 0 Å². The summed E-state index contributed by atoms with van der Waals surface area (Å²) in [5.41, 5.74) is 2.66. The standard InChI is InChI=1S/C13H18F3N3O2/c1-8-9(5-11(21-8)12(20)18-17)6-19-4-2-3-10(7-19)13(14,15)16/h5,10H,2-4,6-7,17H2,1H3,(H,18,20). The third kappa shape index (κ3) is 3.76. The lowest BCUT2D eigenvalue weighted by atomic mass is 9.97. The summed E-state index contributed by atoms with van der Waals surface area (Å²) in [4.78, 5) is 13.1. The Bertz CT molecular complexity index is 513. The summed E-state index contributed by atoms with van der Waals surface area (Å²) in [6.45, 7) is 2.59. The summed E-state index contributed by atoms with van der Waals surface area (Å²) >= 11 is 0. The lowest BCUT2D eigenvalue weighted by Gasteiger charge is -2.33. The lowest BCUT2D eigenvalue weighted by Crippen LogP contribution is -2.41. The molecule has 2 heterocycles. The Morgan fingerprint density at radius 1 is 1.57 bits per heavy atom. The highest BCUT2D eigenvalue weighted by molar-refractivity contribution is 5.91. The van der Waals surface area contributed by atoms with Gasteiger partial charge < -0.3 is 4.42 Å². The van der Waals surface area contributed by atoms with Crippen LogP contribution in [0.25, 0.3) is 0 Å². The van der Waals surface area contributed by atoms with Gasteiger partial charge in [-0.15, -0.1) is 0 Å². The molecule has 2 rings (SSSR count). The highest BCUT2D eigenvalue weighted by Gasteiger charge is 2.41. The van der Waals surface area contributed by atoms with Crippen LogP contribution in [0, 0.1) is 12.8 Å². The van der Waals surface area contributed by atoms with E-state index in [-0.39, 0.29) is 18.7 Å². The van der Waals surface area contributed by atoms with Crippen molar-refractivity contribution in [3.63, 3.8) is 0 Å². The number of nitrogens with one attached hydrogen (secondary N) is 1. The summed E-state index contributed by atoms with van der Waals surface area (Å²) < 4.78 is 43.6. The molecule has 0 saturated carbocycles. The minimum absolute atomic E-state index is 0.0213. The lowest BCUT2D eigenvalue weighted by molar-refractivity contribution is -0.187. The first-order chi connectivity index (χ1) is 9.81. The van der Waals surface area contributed by atoms with E-state index in [0.29, 0.717) is 30.8 Å². The SMILES string of the molecule is Cc1oc(C(=O)NN)cc1CN1CCCC(C(F)(F)F)C1. The van der Waals surface area contributed by atoms with Gasteiger partial charge in [0.1, 0.15) is 5.76 Å². The maximum atomic E-state index is 12.8. The zero-order chi connectivity index (χ0) is 15.6. The van der Waals surface area contributed by atoms with Gasteiger partial charge in [-0.2, -0.15) is 13.2 Å². The fraction of sp³-hybridized carbons (Fsp3) is 0.615. The Balaban J connectivity index is 2.04.